The van der Waals surface area contributed by atoms with Crippen LogP contribution in [-0.4, -0.2) is 29.3 Å². The van der Waals surface area contributed by atoms with Crippen molar-refractivity contribution in [2.75, 3.05) is 13.2 Å². The molecule has 0 aromatic rings. The van der Waals surface area contributed by atoms with Crippen molar-refractivity contribution in [1.29, 1.82) is 0 Å². The van der Waals surface area contributed by atoms with Crippen molar-refractivity contribution in [3.05, 3.63) is 0 Å². The van der Waals surface area contributed by atoms with Gasteiger partial charge in [0.2, 0.25) is 0 Å². The standard InChI is InChI=1S/C8H18N2O/c1-7(2)5-11-6-8(3,4)10(7)9/h5-6,9H2,1-4H3. The molecule has 1 aliphatic rings. The molecule has 1 saturated heterocycles. The van der Waals surface area contributed by atoms with E-state index in [1.165, 1.54) is 0 Å². The fraction of sp³-hybridized carbons (Fsp3) is 1.00. The smallest absolute Gasteiger partial charge is 0.0659 e. The molecule has 0 atom stereocenters. The third kappa shape index (κ3) is 1.55. The van der Waals surface area contributed by atoms with Crippen LogP contribution in [0.4, 0.5) is 0 Å². The first-order valence-corrected chi connectivity index (χ1v) is 3.99. The minimum absolute atomic E-state index is 0.0399. The summed E-state index contributed by atoms with van der Waals surface area (Å²) in [5.74, 6) is 5.94. The molecule has 0 saturated carbocycles. The number of nitrogens with two attached hydrogens (primary N) is 1. The Kier molecular flexibility index (Phi) is 1.99. The van der Waals surface area contributed by atoms with E-state index in [1.807, 2.05) is 5.01 Å². The summed E-state index contributed by atoms with van der Waals surface area (Å²) in [5.41, 5.74) is -0.0799. The molecule has 0 unspecified atom stereocenters. The number of morpholine rings is 1. The highest BCUT2D eigenvalue weighted by Gasteiger charge is 2.40. The molecule has 0 bridgehead atoms. The van der Waals surface area contributed by atoms with Crippen LogP contribution < -0.4 is 5.84 Å². The molecular weight excluding hydrogens is 140 g/mol. The van der Waals surface area contributed by atoms with Gasteiger partial charge in [-0.05, 0) is 27.7 Å². The predicted molar refractivity (Wildman–Crippen MR) is 45.0 cm³/mol. The molecule has 3 heteroatoms. The molecule has 0 spiro atoms. The Balaban J connectivity index is 2.76. The first-order valence-electron chi connectivity index (χ1n) is 3.99. The number of ether oxygens (including phenoxy) is 1. The van der Waals surface area contributed by atoms with E-state index in [2.05, 4.69) is 27.7 Å². The van der Waals surface area contributed by atoms with Crippen LogP contribution in [0, 0.1) is 0 Å². The summed E-state index contributed by atoms with van der Waals surface area (Å²) in [7, 11) is 0. The Bertz CT molecular complexity index is 138. The second-order valence-electron chi connectivity index (χ2n) is 4.49. The number of hydrogen-bond acceptors (Lipinski definition) is 3. The van der Waals surface area contributed by atoms with E-state index in [0.29, 0.717) is 13.2 Å². The first-order chi connectivity index (χ1) is 4.86. The lowest BCUT2D eigenvalue weighted by Crippen LogP contribution is -2.66. The largest absolute Gasteiger partial charge is 0.378 e. The average molecular weight is 158 g/mol. The maximum Gasteiger partial charge on any atom is 0.0659 e. The number of hydrogen-bond donors (Lipinski definition) is 1. The average Bonchev–Trinajstić information content (AvgIpc) is 1.82. The van der Waals surface area contributed by atoms with Crippen LogP contribution in [0.15, 0.2) is 0 Å². The Morgan fingerprint density at radius 3 is 1.73 bits per heavy atom. The number of nitrogens with zero attached hydrogens (tertiary/aromatic N) is 1. The second kappa shape index (κ2) is 2.44. The molecule has 0 aromatic carbocycles. The van der Waals surface area contributed by atoms with Gasteiger partial charge in [0.25, 0.3) is 0 Å². The fourth-order valence-electron chi connectivity index (χ4n) is 1.51. The van der Waals surface area contributed by atoms with Crippen molar-refractivity contribution in [3.8, 4) is 0 Å². The van der Waals surface area contributed by atoms with Gasteiger partial charge in [-0.3, -0.25) is 5.84 Å². The van der Waals surface area contributed by atoms with Gasteiger partial charge in [0.05, 0.1) is 24.3 Å². The van der Waals surface area contributed by atoms with Crippen LogP contribution in [0.25, 0.3) is 0 Å². The Morgan fingerprint density at radius 1 is 1.09 bits per heavy atom. The molecule has 0 aliphatic carbocycles. The van der Waals surface area contributed by atoms with E-state index in [4.69, 9.17) is 10.6 Å². The van der Waals surface area contributed by atoms with Gasteiger partial charge in [-0.25, -0.2) is 5.01 Å². The van der Waals surface area contributed by atoms with Crippen molar-refractivity contribution >= 4 is 0 Å². The van der Waals surface area contributed by atoms with Gasteiger partial charge in [-0.15, -0.1) is 0 Å². The lowest BCUT2D eigenvalue weighted by molar-refractivity contribution is -0.128. The molecule has 1 fully saturated rings. The third-order valence-corrected chi connectivity index (χ3v) is 2.21. The Hall–Kier alpha value is -0.120. The molecule has 1 rings (SSSR count). The van der Waals surface area contributed by atoms with Crippen molar-refractivity contribution in [2.24, 2.45) is 5.84 Å². The van der Waals surface area contributed by atoms with Crippen molar-refractivity contribution < 1.29 is 4.74 Å². The highest BCUT2D eigenvalue weighted by Crippen LogP contribution is 2.26. The summed E-state index contributed by atoms with van der Waals surface area (Å²) >= 11 is 0. The highest BCUT2D eigenvalue weighted by atomic mass is 16.5. The SMILES string of the molecule is CC1(C)COCC(C)(C)N1N. The second-order valence-corrected chi connectivity index (χ2v) is 4.49. The summed E-state index contributed by atoms with van der Waals surface area (Å²) in [5, 5.41) is 1.89. The van der Waals surface area contributed by atoms with Gasteiger partial charge in [0, 0.05) is 0 Å². The van der Waals surface area contributed by atoms with E-state index in [1.54, 1.807) is 0 Å². The summed E-state index contributed by atoms with van der Waals surface area (Å²) in [6.45, 7) is 9.80. The summed E-state index contributed by atoms with van der Waals surface area (Å²) in [6, 6.07) is 0. The first kappa shape index (κ1) is 8.97. The van der Waals surface area contributed by atoms with E-state index >= 15 is 0 Å². The molecule has 0 radical (unpaired) electrons. The lowest BCUT2D eigenvalue weighted by Gasteiger charge is -2.49. The van der Waals surface area contributed by atoms with Gasteiger partial charge in [-0.2, -0.15) is 0 Å². The lowest BCUT2D eigenvalue weighted by atomic mass is 9.95. The molecule has 1 aliphatic heterocycles. The van der Waals surface area contributed by atoms with Crippen LogP contribution >= 0.6 is 0 Å². The zero-order valence-electron chi connectivity index (χ0n) is 7.85. The van der Waals surface area contributed by atoms with E-state index < -0.39 is 0 Å². The van der Waals surface area contributed by atoms with Crippen LogP contribution in [-0.2, 0) is 4.74 Å². The van der Waals surface area contributed by atoms with E-state index in [9.17, 15) is 0 Å². The third-order valence-electron chi connectivity index (χ3n) is 2.21. The highest BCUT2D eigenvalue weighted by molar-refractivity contribution is 4.92. The van der Waals surface area contributed by atoms with Crippen LogP contribution in [0.5, 0.6) is 0 Å². The zero-order chi connectivity index (χ0) is 8.70. The Morgan fingerprint density at radius 2 is 1.45 bits per heavy atom. The van der Waals surface area contributed by atoms with Crippen molar-refractivity contribution in [3.63, 3.8) is 0 Å². The summed E-state index contributed by atoms with van der Waals surface area (Å²) < 4.78 is 5.45. The molecule has 11 heavy (non-hydrogen) atoms. The summed E-state index contributed by atoms with van der Waals surface area (Å²) in [4.78, 5) is 0. The zero-order valence-corrected chi connectivity index (χ0v) is 7.85. The summed E-state index contributed by atoms with van der Waals surface area (Å²) in [6.07, 6.45) is 0. The topological polar surface area (TPSA) is 38.5 Å². The van der Waals surface area contributed by atoms with Gasteiger partial charge in [0.1, 0.15) is 0 Å². The van der Waals surface area contributed by atoms with Crippen LogP contribution in [0.3, 0.4) is 0 Å². The normalized spacial score (nSPS) is 30.3. The van der Waals surface area contributed by atoms with Crippen LogP contribution in [0.1, 0.15) is 27.7 Å². The van der Waals surface area contributed by atoms with Gasteiger partial charge in [-0.1, -0.05) is 0 Å². The van der Waals surface area contributed by atoms with E-state index in [-0.39, 0.29) is 11.1 Å². The maximum absolute atomic E-state index is 5.94. The molecular formula is C8H18N2O. The van der Waals surface area contributed by atoms with E-state index in [0.717, 1.165) is 0 Å². The van der Waals surface area contributed by atoms with Crippen molar-refractivity contribution in [1.82, 2.24) is 5.01 Å². The quantitative estimate of drug-likeness (QED) is 0.529. The van der Waals surface area contributed by atoms with Gasteiger partial charge < -0.3 is 4.74 Å². The van der Waals surface area contributed by atoms with Crippen molar-refractivity contribution in [2.45, 2.75) is 38.8 Å². The van der Waals surface area contributed by atoms with Gasteiger partial charge >= 0.3 is 0 Å². The fourth-order valence-corrected chi connectivity index (χ4v) is 1.51. The van der Waals surface area contributed by atoms with Crippen LogP contribution in [0.2, 0.25) is 0 Å². The predicted octanol–water partition coefficient (Wildman–Crippen LogP) is 0.750. The minimum atomic E-state index is -0.0399. The maximum atomic E-state index is 5.94. The Labute approximate surface area is 68.5 Å². The molecule has 0 amide bonds. The number of rotatable bonds is 0. The monoisotopic (exact) mass is 158 g/mol. The molecule has 1 heterocycles. The molecule has 0 aromatic heterocycles. The van der Waals surface area contributed by atoms with Gasteiger partial charge in [0.15, 0.2) is 0 Å². The molecule has 2 N–H and O–H groups in total. The number of hydrazine groups is 1. The minimum Gasteiger partial charge on any atom is -0.378 e. The molecule has 3 nitrogen and oxygen atoms in total. The molecule has 66 valence electrons.